The van der Waals surface area contributed by atoms with Crippen LogP contribution in [0.3, 0.4) is 0 Å². The fraction of sp³-hybridized carbons (Fsp3) is 0.333. The van der Waals surface area contributed by atoms with Crippen LogP contribution in [0.1, 0.15) is 25.0 Å². The van der Waals surface area contributed by atoms with Gasteiger partial charge in [0.25, 0.3) is 0 Å². The predicted octanol–water partition coefficient (Wildman–Crippen LogP) is 3.00. The molecule has 0 aliphatic carbocycles. The molecule has 1 saturated heterocycles. The molecule has 4 heteroatoms. The molecule has 2 aromatic rings. The minimum atomic E-state index is -0.526. The SMILES string of the molecule is CC(C)(c1ccc(O)cc1)c1ccc(O[SiH2]CC2CO2)cc1. The molecule has 3 rings (SSSR count). The number of epoxide rings is 1. The van der Waals surface area contributed by atoms with Crippen molar-refractivity contribution in [1.29, 1.82) is 0 Å². The van der Waals surface area contributed by atoms with E-state index in [-0.39, 0.29) is 5.41 Å². The van der Waals surface area contributed by atoms with Crippen molar-refractivity contribution in [3.05, 3.63) is 59.7 Å². The van der Waals surface area contributed by atoms with Gasteiger partial charge in [0.1, 0.15) is 11.5 Å². The van der Waals surface area contributed by atoms with E-state index in [9.17, 15) is 5.11 Å². The van der Waals surface area contributed by atoms with Crippen LogP contribution in [-0.4, -0.2) is 27.6 Å². The standard InChI is InChI=1S/C18H22O3Si/c1-18(2,13-3-7-15(19)8-4-13)14-5-9-16(10-6-14)21-22-12-17-11-20-17/h3-10,17,19H,11-12,22H2,1-2H3. The number of rotatable bonds is 6. The first-order valence-electron chi connectivity index (χ1n) is 7.70. The van der Waals surface area contributed by atoms with E-state index in [4.69, 9.17) is 9.16 Å². The Hall–Kier alpha value is -1.78. The van der Waals surface area contributed by atoms with Crippen LogP contribution in [0.25, 0.3) is 0 Å². The maximum Gasteiger partial charge on any atom is 0.222 e. The van der Waals surface area contributed by atoms with E-state index < -0.39 is 9.76 Å². The van der Waals surface area contributed by atoms with Gasteiger partial charge in [-0.15, -0.1) is 0 Å². The third-order valence-corrected chi connectivity index (χ3v) is 5.69. The summed E-state index contributed by atoms with van der Waals surface area (Å²) in [7, 11) is -0.526. The Morgan fingerprint density at radius 1 is 1.09 bits per heavy atom. The van der Waals surface area contributed by atoms with E-state index in [1.165, 1.54) is 11.1 Å². The molecule has 1 unspecified atom stereocenters. The Morgan fingerprint density at radius 3 is 2.18 bits per heavy atom. The van der Waals surface area contributed by atoms with Crippen molar-refractivity contribution in [2.75, 3.05) is 6.61 Å². The third-order valence-electron chi connectivity index (χ3n) is 4.28. The molecule has 1 aliphatic heterocycles. The van der Waals surface area contributed by atoms with Crippen LogP contribution in [0.5, 0.6) is 11.5 Å². The lowest BCUT2D eigenvalue weighted by atomic mass is 9.78. The fourth-order valence-electron chi connectivity index (χ4n) is 2.56. The second kappa shape index (κ2) is 6.14. The summed E-state index contributed by atoms with van der Waals surface area (Å²) in [5, 5.41) is 9.43. The molecule has 0 saturated carbocycles. The molecule has 1 fully saturated rings. The number of ether oxygens (including phenoxy) is 1. The highest BCUT2D eigenvalue weighted by molar-refractivity contribution is 6.28. The molecule has 116 valence electrons. The van der Waals surface area contributed by atoms with Crippen LogP contribution in [0.2, 0.25) is 6.04 Å². The van der Waals surface area contributed by atoms with Crippen molar-refractivity contribution in [2.24, 2.45) is 0 Å². The summed E-state index contributed by atoms with van der Waals surface area (Å²) in [5.74, 6) is 1.26. The van der Waals surface area contributed by atoms with Crippen LogP contribution in [0.4, 0.5) is 0 Å². The summed E-state index contributed by atoms with van der Waals surface area (Å²) in [6, 6.07) is 16.9. The van der Waals surface area contributed by atoms with E-state index in [0.717, 1.165) is 18.4 Å². The van der Waals surface area contributed by atoms with Gasteiger partial charge in [-0.25, -0.2) is 0 Å². The lowest BCUT2D eigenvalue weighted by Crippen LogP contribution is -2.18. The van der Waals surface area contributed by atoms with Crippen molar-refractivity contribution in [3.8, 4) is 11.5 Å². The molecule has 1 atom stereocenters. The van der Waals surface area contributed by atoms with Gasteiger partial charge in [-0.3, -0.25) is 0 Å². The van der Waals surface area contributed by atoms with Crippen LogP contribution in [0.15, 0.2) is 48.5 Å². The molecule has 0 spiro atoms. The molecule has 2 aromatic carbocycles. The lowest BCUT2D eigenvalue weighted by Gasteiger charge is -2.26. The van der Waals surface area contributed by atoms with Crippen molar-refractivity contribution >= 4 is 9.76 Å². The summed E-state index contributed by atoms with van der Waals surface area (Å²) in [4.78, 5) is 0. The summed E-state index contributed by atoms with van der Waals surface area (Å²) >= 11 is 0. The van der Waals surface area contributed by atoms with Crippen molar-refractivity contribution in [1.82, 2.24) is 0 Å². The highest BCUT2D eigenvalue weighted by Crippen LogP contribution is 2.33. The van der Waals surface area contributed by atoms with Crippen molar-refractivity contribution in [3.63, 3.8) is 0 Å². The Bertz CT molecular complexity index is 616. The summed E-state index contributed by atoms with van der Waals surface area (Å²) in [6.45, 7) is 5.29. The predicted molar refractivity (Wildman–Crippen MR) is 90.4 cm³/mol. The number of hydrogen-bond donors (Lipinski definition) is 1. The highest BCUT2D eigenvalue weighted by Gasteiger charge is 2.24. The van der Waals surface area contributed by atoms with Crippen LogP contribution < -0.4 is 4.43 Å². The zero-order valence-electron chi connectivity index (χ0n) is 13.1. The average Bonchev–Trinajstić information content (AvgIpc) is 3.32. The first kappa shape index (κ1) is 15.1. The van der Waals surface area contributed by atoms with E-state index >= 15 is 0 Å². The van der Waals surface area contributed by atoms with Gasteiger partial charge in [-0.2, -0.15) is 0 Å². The third kappa shape index (κ3) is 3.51. The first-order chi connectivity index (χ1) is 10.6. The molecule has 1 aliphatic rings. The molecule has 0 bridgehead atoms. The zero-order chi connectivity index (χ0) is 15.6. The minimum Gasteiger partial charge on any atom is -0.549 e. The first-order valence-corrected chi connectivity index (χ1v) is 9.28. The van der Waals surface area contributed by atoms with Gasteiger partial charge in [0, 0.05) is 5.41 Å². The second-order valence-corrected chi connectivity index (χ2v) is 7.56. The monoisotopic (exact) mass is 314 g/mol. The molecule has 0 aromatic heterocycles. The van der Waals surface area contributed by atoms with Gasteiger partial charge in [0.15, 0.2) is 0 Å². The van der Waals surface area contributed by atoms with Crippen LogP contribution in [-0.2, 0) is 10.2 Å². The Kier molecular flexibility index (Phi) is 4.22. The Balaban J connectivity index is 1.68. The molecule has 0 amide bonds. The molecule has 1 heterocycles. The van der Waals surface area contributed by atoms with E-state index in [1.807, 2.05) is 12.1 Å². The topological polar surface area (TPSA) is 42.0 Å². The van der Waals surface area contributed by atoms with E-state index in [2.05, 4.69) is 38.1 Å². The molecular formula is C18H22O3Si. The largest absolute Gasteiger partial charge is 0.549 e. The lowest BCUT2D eigenvalue weighted by molar-refractivity contribution is 0.418. The van der Waals surface area contributed by atoms with Gasteiger partial charge < -0.3 is 14.3 Å². The average molecular weight is 314 g/mol. The molecule has 22 heavy (non-hydrogen) atoms. The number of hydrogen-bond acceptors (Lipinski definition) is 3. The maximum atomic E-state index is 9.43. The quantitative estimate of drug-likeness (QED) is 0.658. The smallest absolute Gasteiger partial charge is 0.222 e. The van der Waals surface area contributed by atoms with Crippen molar-refractivity contribution in [2.45, 2.75) is 31.4 Å². The highest BCUT2D eigenvalue weighted by atomic mass is 28.2. The molecule has 1 N–H and O–H groups in total. The van der Waals surface area contributed by atoms with Crippen LogP contribution in [0, 0.1) is 0 Å². The van der Waals surface area contributed by atoms with Crippen LogP contribution >= 0.6 is 0 Å². The summed E-state index contributed by atoms with van der Waals surface area (Å²) in [6.07, 6.45) is 0.472. The number of aromatic hydroxyl groups is 1. The van der Waals surface area contributed by atoms with Gasteiger partial charge in [0.05, 0.1) is 12.7 Å². The van der Waals surface area contributed by atoms with E-state index in [0.29, 0.717) is 11.9 Å². The number of phenols is 1. The van der Waals surface area contributed by atoms with Gasteiger partial charge in [-0.05, 0) is 41.4 Å². The molecule has 0 radical (unpaired) electrons. The van der Waals surface area contributed by atoms with E-state index in [1.54, 1.807) is 12.1 Å². The van der Waals surface area contributed by atoms with Gasteiger partial charge in [-0.1, -0.05) is 38.1 Å². The normalized spacial score (nSPS) is 17.8. The second-order valence-electron chi connectivity index (χ2n) is 6.29. The number of phenolic OH excluding ortho intramolecular Hbond substituents is 1. The minimum absolute atomic E-state index is 0.106. The Labute approximate surface area is 133 Å². The molecular weight excluding hydrogens is 292 g/mol. The summed E-state index contributed by atoms with van der Waals surface area (Å²) < 4.78 is 11.1. The molecule has 3 nitrogen and oxygen atoms in total. The van der Waals surface area contributed by atoms with Crippen molar-refractivity contribution < 1.29 is 14.3 Å². The van der Waals surface area contributed by atoms with Gasteiger partial charge >= 0.3 is 0 Å². The summed E-state index contributed by atoms with van der Waals surface area (Å²) in [5.41, 5.74) is 2.31. The maximum absolute atomic E-state index is 9.43. The number of benzene rings is 2. The fourth-order valence-corrected chi connectivity index (χ4v) is 3.70. The zero-order valence-corrected chi connectivity index (χ0v) is 14.5. The Morgan fingerprint density at radius 2 is 1.64 bits per heavy atom. The van der Waals surface area contributed by atoms with Gasteiger partial charge in [0.2, 0.25) is 9.76 Å².